The molecule has 11 heteroatoms. The van der Waals surface area contributed by atoms with E-state index in [1.165, 1.54) is 29.4 Å². The van der Waals surface area contributed by atoms with E-state index in [1.807, 2.05) is 29.6 Å². The highest BCUT2D eigenvalue weighted by molar-refractivity contribution is 7.84. The molecule has 0 bridgehead atoms. The molecule has 0 amide bonds. The van der Waals surface area contributed by atoms with Crippen LogP contribution in [0.25, 0.3) is 0 Å². The van der Waals surface area contributed by atoms with Gasteiger partial charge in [-0.1, -0.05) is 37.3 Å². The van der Waals surface area contributed by atoms with Gasteiger partial charge in [-0.25, -0.2) is 15.1 Å². The van der Waals surface area contributed by atoms with Crippen molar-refractivity contribution in [2.24, 2.45) is 11.1 Å². The van der Waals surface area contributed by atoms with Crippen LogP contribution >= 0.6 is 11.3 Å². The number of nitrogens with two attached hydrogens (primary N) is 1. The molecule has 9 nitrogen and oxygen atoms in total. The van der Waals surface area contributed by atoms with Crippen molar-refractivity contribution in [1.82, 2.24) is 9.97 Å². The Bertz CT molecular complexity index is 1250. The largest absolute Gasteiger partial charge is 0.393 e. The smallest absolute Gasteiger partial charge is 0.333 e. The molecule has 0 unspecified atom stereocenters. The summed E-state index contributed by atoms with van der Waals surface area (Å²) < 4.78 is 26.7. The summed E-state index contributed by atoms with van der Waals surface area (Å²) in [4.78, 5) is 22.2. The first-order valence-electron chi connectivity index (χ1n) is 10.8. The molecule has 3 aromatic rings. The van der Waals surface area contributed by atoms with E-state index in [0.29, 0.717) is 29.1 Å². The van der Waals surface area contributed by atoms with Gasteiger partial charge in [-0.3, -0.25) is 8.98 Å². The van der Waals surface area contributed by atoms with E-state index >= 15 is 0 Å². The summed E-state index contributed by atoms with van der Waals surface area (Å²) in [5, 5.41) is 20.4. The lowest BCUT2D eigenvalue weighted by Crippen LogP contribution is -2.24. The van der Waals surface area contributed by atoms with Crippen LogP contribution in [0.15, 0.2) is 54.3 Å². The molecule has 0 radical (unpaired) electrons. The molecule has 0 saturated heterocycles. The number of aromatic nitrogens is 2. The van der Waals surface area contributed by atoms with Crippen LogP contribution in [0.4, 0.5) is 5.82 Å². The van der Waals surface area contributed by atoms with E-state index in [2.05, 4.69) is 38.5 Å². The van der Waals surface area contributed by atoms with Crippen molar-refractivity contribution in [2.75, 3.05) is 11.9 Å². The Labute approximate surface area is 202 Å². The van der Waals surface area contributed by atoms with Crippen molar-refractivity contribution in [1.29, 1.82) is 0 Å². The lowest BCUT2D eigenvalue weighted by molar-refractivity contribution is 0.101. The topological polar surface area (TPSA) is 144 Å². The van der Waals surface area contributed by atoms with Gasteiger partial charge in [0.1, 0.15) is 12.1 Å². The van der Waals surface area contributed by atoms with Crippen molar-refractivity contribution in [3.05, 3.63) is 75.9 Å². The van der Waals surface area contributed by atoms with Crippen LogP contribution < -0.4 is 10.5 Å². The van der Waals surface area contributed by atoms with Crippen LogP contribution in [-0.2, 0) is 14.5 Å². The Kier molecular flexibility index (Phi) is 7.39. The Morgan fingerprint density at radius 3 is 2.79 bits per heavy atom. The number of thiophene rings is 1. The number of hydrogen-bond donors (Lipinski definition) is 3. The van der Waals surface area contributed by atoms with Crippen LogP contribution in [0.5, 0.6) is 0 Å². The van der Waals surface area contributed by atoms with Gasteiger partial charge in [0.05, 0.1) is 23.2 Å². The first kappa shape index (κ1) is 24.4. The van der Waals surface area contributed by atoms with Crippen LogP contribution in [0.1, 0.15) is 52.0 Å². The van der Waals surface area contributed by atoms with E-state index in [4.69, 9.17) is 5.14 Å². The van der Waals surface area contributed by atoms with Crippen LogP contribution in [0.2, 0.25) is 0 Å². The number of benzene rings is 1. The molecule has 1 saturated carbocycles. The normalized spacial score (nSPS) is 21.3. The third kappa shape index (κ3) is 5.86. The van der Waals surface area contributed by atoms with Gasteiger partial charge in [0.25, 0.3) is 0 Å². The van der Waals surface area contributed by atoms with Crippen molar-refractivity contribution in [3.63, 3.8) is 0 Å². The minimum Gasteiger partial charge on any atom is -0.393 e. The first-order chi connectivity index (χ1) is 16.2. The number of aliphatic hydroxyl groups excluding tert-OH is 1. The number of nitrogens with one attached hydrogen (secondary N) is 1. The lowest BCUT2D eigenvalue weighted by Gasteiger charge is -2.15. The van der Waals surface area contributed by atoms with Crippen LogP contribution in [-0.4, -0.2) is 48.0 Å². The molecule has 1 aliphatic carbocycles. The minimum absolute atomic E-state index is 0.153. The number of carbonyl (C=O) groups excluding carboxylic acids is 1. The second-order valence-corrected chi connectivity index (χ2v) is 10.5. The van der Waals surface area contributed by atoms with Crippen LogP contribution in [0, 0.1) is 5.92 Å². The Morgan fingerprint density at radius 2 is 2.06 bits per heavy atom. The molecule has 34 heavy (non-hydrogen) atoms. The van der Waals surface area contributed by atoms with Gasteiger partial charge in [-0.05, 0) is 35.4 Å². The fraction of sp³-hybridized carbons (Fsp3) is 0.348. The SMILES string of the molecule is C[C@H](c1ccccc1)c1csc(C(=O)c2cncnc2N[C@@H]2C[C@H](COS(N)(=O)=O)[C@H](O)C2)c1. The maximum Gasteiger partial charge on any atom is 0.333 e. The van der Waals surface area contributed by atoms with Gasteiger partial charge in [0, 0.05) is 24.1 Å². The second kappa shape index (κ2) is 10.3. The maximum absolute atomic E-state index is 13.3. The molecule has 4 atom stereocenters. The predicted molar refractivity (Wildman–Crippen MR) is 129 cm³/mol. The molecule has 2 heterocycles. The highest BCUT2D eigenvalue weighted by Crippen LogP contribution is 2.32. The molecule has 1 aromatic carbocycles. The number of rotatable bonds is 9. The highest BCUT2D eigenvalue weighted by atomic mass is 32.2. The number of anilines is 1. The van der Waals surface area contributed by atoms with Gasteiger partial charge in [-0.2, -0.15) is 8.42 Å². The number of aliphatic hydroxyl groups is 1. The molecule has 2 aromatic heterocycles. The zero-order valence-electron chi connectivity index (χ0n) is 18.5. The molecule has 4 rings (SSSR count). The fourth-order valence-electron chi connectivity index (χ4n) is 4.15. The van der Waals surface area contributed by atoms with Crippen LogP contribution in [0.3, 0.4) is 0 Å². The molecule has 1 aliphatic rings. The summed E-state index contributed by atoms with van der Waals surface area (Å²) in [6.45, 7) is 1.90. The Balaban J connectivity index is 1.47. The summed E-state index contributed by atoms with van der Waals surface area (Å²) >= 11 is 1.38. The molecule has 1 fully saturated rings. The lowest BCUT2D eigenvalue weighted by atomic mass is 9.95. The van der Waals surface area contributed by atoms with Crippen molar-refractivity contribution in [2.45, 2.75) is 37.8 Å². The van der Waals surface area contributed by atoms with E-state index in [1.54, 1.807) is 0 Å². The predicted octanol–water partition coefficient (Wildman–Crippen LogP) is 2.69. The van der Waals surface area contributed by atoms with E-state index < -0.39 is 22.3 Å². The summed E-state index contributed by atoms with van der Waals surface area (Å²) in [6.07, 6.45) is 2.85. The third-order valence-electron chi connectivity index (χ3n) is 6.04. The average molecular weight is 503 g/mol. The molecule has 4 N–H and O–H groups in total. The number of ketones is 1. The summed E-state index contributed by atoms with van der Waals surface area (Å²) in [5.41, 5.74) is 2.56. The Morgan fingerprint density at radius 1 is 1.29 bits per heavy atom. The molecule has 180 valence electrons. The molecular weight excluding hydrogens is 476 g/mol. The number of nitrogens with zero attached hydrogens (tertiary/aromatic N) is 2. The Hall–Kier alpha value is -2.70. The molecular formula is C23H26N4O5S2. The quantitative estimate of drug-likeness (QED) is 0.379. The second-order valence-electron chi connectivity index (χ2n) is 8.41. The third-order valence-corrected chi connectivity index (χ3v) is 7.46. The van der Waals surface area contributed by atoms with E-state index in [-0.39, 0.29) is 24.3 Å². The van der Waals surface area contributed by atoms with E-state index in [0.717, 1.165) is 5.56 Å². The fourth-order valence-corrected chi connectivity index (χ4v) is 5.47. The van der Waals surface area contributed by atoms with Crippen molar-refractivity contribution in [3.8, 4) is 0 Å². The average Bonchev–Trinajstić information content (AvgIpc) is 3.44. The van der Waals surface area contributed by atoms with Crippen molar-refractivity contribution >= 4 is 33.2 Å². The van der Waals surface area contributed by atoms with Gasteiger partial charge in [0.15, 0.2) is 0 Å². The summed E-state index contributed by atoms with van der Waals surface area (Å²) in [6, 6.07) is 11.8. The first-order valence-corrected chi connectivity index (χ1v) is 13.2. The van der Waals surface area contributed by atoms with Crippen molar-refractivity contribution < 1.29 is 22.5 Å². The van der Waals surface area contributed by atoms with Gasteiger partial charge in [-0.15, -0.1) is 11.3 Å². The minimum atomic E-state index is -4.08. The summed E-state index contributed by atoms with van der Waals surface area (Å²) in [5.74, 6) is -0.0697. The zero-order valence-corrected chi connectivity index (χ0v) is 20.1. The highest BCUT2D eigenvalue weighted by Gasteiger charge is 2.34. The van der Waals surface area contributed by atoms with Gasteiger partial charge < -0.3 is 10.4 Å². The molecule has 0 aliphatic heterocycles. The van der Waals surface area contributed by atoms with Gasteiger partial charge in [0.2, 0.25) is 5.78 Å². The number of hydrogen-bond acceptors (Lipinski definition) is 9. The van der Waals surface area contributed by atoms with E-state index in [9.17, 15) is 18.3 Å². The standard InChI is InChI=1S/C23H26N4O5S2/c1-14(15-5-3-2-4-6-15)17-8-21(33-12-17)22(29)19-10-25-13-26-23(19)27-18-7-16(20(28)9-18)11-32-34(24,30)31/h2-6,8,10,12-14,16,18,20,28H,7,9,11H2,1H3,(H2,24,30,31)(H,25,26,27)/t14-,16-,18-,20-/m1/s1. The summed E-state index contributed by atoms with van der Waals surface area (Å²) in [7, 11) is -4.08. The molecule has 0 spiro atoms. The van der Waals surface area contributed by atoms with Gasteiger partial charge >= 0.3 is 10.3 Å². The monoisotopic (exact) mass is 502 g/mol. The number of carbonyl (C=O) groups is 1. The maximum atomic E-state index is 13.3. The zero-order chi connectivity index (χ0) is 24.3.